The Hall–Kier alpha value is -2.01. The molecular weight excluding hydrogens is 207 g/mol. The first-order valence-electron chi connectivity index (χ1n) is 4.82. The molecule has 1 aromatic carbocycles. The third kappa shape index (κ3) is 2.14. The van der Waals surface area contributed by atoms with Gasteiger partial charge in [0.1, 0.15) is 24.2 Å². The van der Waals surface area contributed by atoms with Crippen molar-refractivity contribution in [2.75, 3.05) is 6.54 Å². The second-order valence-electron chi connectivity index (χ2n) is 3.19. The fraction of sp³-hybridized carbons (Fsp3) is 0.0909. The van der Waals surface area contributed by atoms with E-state index in [2.05, 4.69) is 10.1 Å². The van der Waals surface area contributed by atoms with Gasteiger partial charge in [-0.2, -0.15) is 5.10 Å². The van der Waals surface area contributed by atoms with Gasteiger partial charge in [0.2, 0.25) is 0 Å². The summed E-state index contributed by atoms with van der Waals surface area (Å²) in [6.07, 6.45) is 6.35. The molecule has 1 aromatic heterocycles. The second-order valence-corrected chi connectivity index (χ2v) is 3.19. The molecule has 5 heteroatoms. The molecule has 0 fully saturated rings. The van der Waals surface area contributed by atoms with Gasteiger partial charge >= 0.3 is 0 Å². The third-order valence-corrected chi connectivity index (χ3v) is 2.08. The monoisotopic (exact) mass is 218 g/mol. The number of nitrogens with two attached hydrogens (primary N) is 1. The fourth-order valence-electron chi connectivity index (χ4n) is 1.35. The molecular formula is C11H11FN4. The molecule has 16 heavy (non-hydrogen) atoms. The van der Waals surface area contributed by atoms with Gasteiger partial charge in [0.25, 0.3) is 0 Å². The highest BCUT2D eigenvalue weighted by molar-refractivity contribution is 5.52. The first kappa shape index (κ1) is 10.5. The van der Waals surface area contributed by atoms with E-state index in [-0.39, 0.29) is 5.82 Å². The predicted octanol–water partition coefficient (Wildman–Crippen LogP) is 1.38. The average Bonchev–Trinajstić information content (AvgIpc) is 2.80. The molecule has 0 saturated heterocycles. The van der Waals surface area contributed by atoms with Crippen LogP contribution in [-0.4, -0.2) is 21.3 Å². The Balaban J connectivity index is 2.34. The molecule has 1 heterocycles. The number of benzene rings is 1. The number of nitrogens with zero attached hydrogens (tertiary/aromatic N) is 3. The Morgan fingerprint density at radius 3 is 2.94 bits per heavy atom. The molecule has 0 radical (unpaired) electrons. The zero-order valence-electron chi connectivity index (χ0n) is 8.55. The van der Waals surface area contributed by atoms with E-state index >= 15 is 0 Å². The minimum Gasteiger partial charge on any atom is -0.327 e. The summed E-state index contributed by atoms with van der Waals surface area (Å²) < 4.78 is 15.1. The van der Waals surface area contributed by atoms with Crippen molar-refractivity contribution in [1.82, 2.24) is 14.8 Å². The van der Waals surface area contributed by atoms with E-state index in [9.17, 15) is 4.39 Å². The minimum absolute atomic E-state index is 0.343. The summed E-state index contributed by atoms with van der Waals surface area (Å²) in [6, 6.07) is 4.88. The van der Waals surface area contributed by atoms with Gasteiger partial charge in [-0.25, -0.2) is 14.1 Å². The summed E-state index contributed by atoms with van der Waals surface area (Å²) in [4.78, 5) is 3.77. The van der Waals surface area contributed by atoms with E-state index in [1.807, 2.05) is 0 Å². The van der Waals surface area contributed by atoms with Crippen LogP contribution in [0.1, 0.15) is 5.56 Å². The van der Waals surface area contributed by atoms with Gasteiger partial charge in [0.15, 0.2) is 0 Å². The van der Waals surface area contributed by atoms with Crippen molar-refractivity contribution in [3.8, 4) is 5.69 Å². The van der Waals surface area contributed by atoms with Crippen LogP contribution in [0.2, 0.25) is 0 Å². The zero-order chi connectivity index (χ0) is 11.4. The third-order valence-electron chi connectivity index (χ3n) is 2.08. The van der Waals surface area contributed by atoms with Crippen molar-refractivity contribution in [1.29, 1.82) is 0 Å². The molecule has 2 N–H and O–H groups in total. The first-order chi connectivity index (χ1) is 7.81. The normalized spacial score (nSPS) is 11.1. The van der Waals surface area contributed by atoms with Crippen LogP contribution in [0, 0.1) is 5.82 Å². The topological polar surface area (TPSA) is 56.7 Å². The Morgan fingerprint density at radius 1 is 1.44 bits per heavy atom. The molecule has 0 saturated carbocycles. The highest BCUT2D eigenvalue weighted by Gasteiger charge is 2.04. The summed E-state index contributed by atoms with van der Waals surface area (Å²) in [5.74, 6) is -0.343. The fourth-order valence-corrected chi connectivity index (χ4v) is 1.35. The van der Waals surface area contributed by atoms with Crippen LogP contribution in [0.4, 0.5) is 4.39 Å². The van der Waals surface area contributed by atoms with E-state index in [4.69, 9.17) is 5.73 Å². The molecule has 4 nitrogen and oxygen atoms in total. The van der Waals surface area contributed by atoms with Crippen molar-refractivity contribution in [2.45, 2.75) is 0 Å². The average molecular weight is 218 g/mol. The molecule has 0 bridgehead atoms. The van der Waals surface area contributed by atoms with E-state index in [1.54, 1.807) is 24.3 Å². The van der Waals surface area contributed by atoms with Gasteiger partial charge in [-0.3, -0.25) is 0 Å². The van der Waals surface area contributed by atoms with Crippen LogP contribution in [0.15, 0.2) is 36.9 Å². The van der Waals surface area contributed by atoms with E-state index in [1.165, 1.54) is 23.4 Å². The lowest BCUT2D eigenvalue weighted by Crippen LogP contribution is -1.98. The van der Waals surface area contributed by atoms with Crippen molar-refractivity contribution in [2.24, 2.45) is 5.73 Å². The molecule has 0 unspecified atom stereocenters. The van der Waals surface area contributed by atoms with Crippen molar-refractivity contribution >= 4 is 6.08 Å². The lowest BCUT2D eigenvalue weighted by molar-refractivity contribution is 0.610. The molecule has 0 spiro atoms. The maximum absolute atomic E-state index is 13.7. The van der Waals surface area contributed by atoms with Gasteiger partial charge < -0.3 is 5.73 Å². The van der Waals surface area contributed by atoms with Crippen LogP contribution in [0.3, 0.4) is 0 Å². The quantitative estimate of drug-likeness (QED) is 0.846. The summed E-state index contributed by atoms with van der Waals surface area (Å²) in [7, 11) is 0. The Bertz CT molecular complexity index is 491. The summed E-state index contributed by atoms with van der Waals surface area (Å²) in [6.45, 7) is 0.437. The molecule has 0 atom stereocenters. The Kier molecular flexibility index (Phi) is 3.07. The predicted molar refractivity (Wildman–Crippen MR) is 59.4 cm³/mol. The maximum atomic E-state index is 13.7. The standard InChI is InChI=1S/C11H11FN4/c12-10-6-9(2-1-5-13)3-4-11(10)16-8-14-7-15-16/h1-4,6-8H,5,13H2/b2-1+. The lowest BCUT2D eigenvalue weighted by atomic mass is 10.2. The van der Waals surface area contributed by atoms with Crippen molar-refractivity contribution in [3.05, 3.63) is 48.3 Å². The van der Waals surface area contributed by atoms with Crippen LogP contribution in [-0.2, 0) is 0 Å². The summed E-state index contributed by atoms with van der Waals surface area (Å²) in [5, 5.41) is 3.87. The van der Waals surface area contributed by atoms with Crippen molar-refractivity contribution < 1.29 is 4.39 Å². The first-order valence-corrected chi connectivity index (χ1v) is 4.82. The molecule has 0 aliphatic heterocycles. The van der Waals surface area contributed by atoms with Gasteiger partial charge in [-0.1, -0.05) is 18.2 Å². The molecule has 82 valence electrons. The highest BCUT2D eigenvalue weighted by atomic mass is 19.1. The summed E-state index contributed by atoms with van der Waals surface area (Å²) in [5.41, 5.74) is 6.47. The number of aromatic nitrogens is 3. The maximum Gasteiger partial charge on any atom is 0.149 e. The minimum atomic E-state index is -0.343. The SMILES string of the molecule is NC/C=C/c1ccc(-n2cncn2)c(F)c1. The molecule has 2 aromatic rings. The van der Waals surface area contributed by atoms with Gasteiger partial charge in [-0.05, 0) is 17.7 Å². The zero-order valence-corrected chi connectivity index (χ0v) is 8.55. The highest BCUT2D eigenvalue weighted by Crippen LogP contribution is 2.14. The number of halogens is 1. The van der Waals surface area contributed by atoms with Crippen molar-refractivity contribution in [3.63, 3.8) is 0 Å². The van der Waals surface area contributed by atoms with E-state index in [0.717, 1.165) is 5.56 Å². The van der Waals surface area contributed by atoms with E-state index in [0.29, 0.717) is 12.2 Å². The van der Waals surface area contributed by atoms with Gasteiger partial charge in [0.05, 0.1) is 0 Å². The lowest BCUT2D eigenvalue weighted by Gasteiger charge is -2.02. The Morgan fingerprint density at radius 2 is 2.31 bits per heavy atom. The van der Waals surface area contributed by atoms with E-state index < -0.39 is 0 Å². The van der Waals surface area contributed by atoms with Gasteiger partial charge in [-0.15, -0.1) is 0 Å². The Labute approximate surface area is 92.2 Å². The smallest absolute Gasteiger partial charge is 0.149 e. The largest absolute Gasteiger partial charge is 0.327 e. The molecule has 0 aliphatic carbocycles. The van der Waals surface area contributed by atoms with Crippen LogP contribution in [0.5, 0.6) is 0 Å². The molecule has 0 aliphatic rings. The van der Waals surface area contributed by atoms with Crippen LogP contribution >= 0.6 is 0 Å². The molecule has 2 rings (SSSR count). The van der Waals surface area contributed by atoms with Crippen LogP contribution < -0.4 is 5.73 Å². The van der Waals surface area contributed by atoms with Gasteiger partial charge in [0, 0.05) is 6.54 Å². The number of rotatable bonds is 3. The molecule has 0 amide bonds. The summed E-state index contributed by atoms with van der Waals surface area (Å²) >= 11 is 0. The second kappa shape index (κ2) is 4.67. The number of hydrogen-bond acceptors (Lipinski definition) is 3. The number of hydrogen-bond donors (Lipinski definition) is 1. The van der Waals surface area contributed by atoms with Crippen LogP contribution in [0.25, 0.3) is 11.8 Å².